The molecule has 0 saturated heterocycles. The Morgan fingerprint density at radius 3 is 2.81 bits per heavy atom. The molecule has 4 rings (SSSR count). The molecule has 1 aromatic carbocycles. The van der Waals surface area contributed by atoms with Gasteiger partial charge in [0.05, 0.1) is 11.6 Å². The molecular formula is C18H21FN2. The predicted molar refractivity (Wildman–Crippen MR) is 80.3 cm³/mol. The molecule has 3 aliphatic rings. The van der Waals surface area contributed by atoms with Crippen LogP contribution in [0.1, 0.15) is 43.2 Å². The first-order chi connectivity index (χ1) is 10.2. The van der Waals surface area contributed by atoms with Gasteiger partial charge in [-0.05, 0) is 68.4 Å². The zero-order chi connectivity index (χ0) is 14.6. The van der Waals surface area contributed by atoms with Crippen LogP contribution in [-0.2, 0) is 0 Å². The van der Waals surface area contributed by atoms with Crippen molar-refractivity contribution in [3.8, 4) is 6.07 Å². The first kappa shape index (κ1) is 13.1. The summed E-state index contributed by atoms with van der Waals surface area (Å²) in [5, 5.41) is 12.6. The minimum atomic E-state index is -0.279. The Bertz CT molecular complexity index is 618. The number of nitrogens with one attached hydrogen (secondary N) is 1. The van der Waals surface area contributed by atoms with Crippen molar-refractivity contribution in [1.29, 1.82) is 5.26 Å². The molecule has 110 valence electrons. The third kappa shape index (κ3) is 1.96. The van der Waals surface area contributed by atoms with E-state index in [1.165, 1.54) is 38.2 Å². The number of nitriles is 1. The predicted octanol–water partition coefficient (Wildman–Crippen LogP) is 4.24. The van der Waals surface area contributed by atoms with Crippen molar-refractivity contribution in [2.75, 3.05) is 5.32 Å². The van der Waals surface area contributed by atoms with E-state index in [1.807, 2.05) is 0 Å². The van der Waals surface area contributed by atoms with Gasteiger partial charge in [0.1, 0.15) is 5.82 Å². The second-order valence-electron chi connectivity index (χ2n) is 7.15. The maximum absolute atomic E-state index is 13.9. The third-order valence-electron chi connectivity index (χ3n) is 6.24. The lowest BCUT2D eigenvalue weighted by Gasteiger charge is -2.33. The standard InChI is InChI=1S/C18H21FN2/c1-10-16(19)5-11(9-20)6-17(10)21-18-8-12-7-15(18)14-4-2-3-13(12)14/h5-6,12-15,18,21H,2-4,7-8H2,1H3. The van der Waals surface area contributed by atoms with Crippen LogP contribution in [-0.4, -0.2) is 6.04 Å². The molecule has 0 spiro atoms. The molecule has 3 heteroatoms. The highest BCUT2D eigenvalue weighted by Gasteiger charge is 2.53. The highest BCUT2D eigenvalue weighted by atomic mass is 19.1. The van der Waals surface area contributed by atoms with Crippen LogP contribution in [0.25, 0.3) is 0 Å². The fourth-order valence-electron chi connectivity index (χ4n) is 5.33. The lowest BCUT2D eigenvalue weighted by Crippen LogP contribution is -2.34. The van der Waals surface area contributed by atoms with E-state index in [0.717, 1.165) is 29.4 Å². The normalized spacial score (nSPS) is 36.5. The molecule has 5 atom stereocenters. The SMILES string of the molecule is Cc1c(F)cc(C#N)cc1NC1CC2CC1C1CCCC21. The molecule has 2 nitrogen and oxygen atoms in total. The number of halogens is 1. The van der Waals surface area contributed by atoms with Gasteiger partial charge in [0.2, 0.25) is 0 Å². The lowest BCUT2D eigenvalue weighted by atomic mass is 9.79. The fourth-order valence-corrected chi connectivity index (χ4v) is 5.33. The van der Waals surface area contributed by atoms with E-state index in [2.05, 4.69) is 11.4 Å². The van der Waals surface area contributed by atoms with Gasteiger partial charge in [-0.1, -0.05) is 6.42 Å². The van der Waals surface area contributed by atoms with Crippen LogP contribution in [0, 0.1) is 47.7 Å². The molecule has 0 amide bonds. The van der Waals surface area contributed by atoms with Gasteiger partial charge in [0.15, 0.2) is 0 Å². The first-order valence-electron chi connectivity index (χ1n) is 8.14. The third-order valence-corrected chi connectivity index (χ3v) is 6.24. The summed E-state index contributed by atoms with van der Waals surface area (Å²) in [6.07, 6.45) is 6.79. The number of anilines is 1. The smallest absolute Gasteiger partial charge is 0.129 e. The van der Waals surface area contributed by atoms with E-state index < -0.39 is 0 Å². The summed E-state index contributed by atoms with van der Waals surface area (Å²) in [7, 11) is 0. The molecule has 1 N–H and O–H groups in total. The second kappa shape index (κ2) is 4.73. The average molecular weight is 284 g/mol. The van der Waals surface area contributed by atoms with Gasteiger partial charge in [-0.3, -0.25) is 0 Å². The molecule has 1 aromatic rings. The van der Waals surface area contributed by atoms with Crippen LogP contribution in [0.3, 0.4) is 0 Å². The first-order valence-corrected chi connectivity index (χ1v) is 8.14. The Kier molecular flexibility index (Phi) is 2.96. The van der Waals surface area contributed by atoms with Crippen LogP contribution >= 0.6 is 0 Å². The summed E-state index contributed by atoms with van der Waals surface area (Å²) in [5.74, 6) is 3.22. The molecule has 0 radical (unpaired) electrons. The van der Waals surface area contributed by atoms with E-state index >= 15 is 0 Å². The Balaban J connectivity index is 1.58. The van der Waals surface area contributed by atoms with Crippen molar-refractivity contribution in [2.24, 2.45) is 23.7 Å². The number of fused-ring (bicyclic) bond motifs is 5. The Morgan fingerprint density at radius 1 is 1.19 bits per heavy atom. The quantitative estimate of drug-likeness (QED) is 0.881. The zero-order valence-corrected chi connectivity index (χ0v) is 12.4. The summed E-state index contributed by atoms with van der Waals surface area (Å²) in [6, 6.07) is 5.65. The van der Waals surface area contributed by atoms with Gasteiger partial charge < -0.3 is 5.32 Å². The molecule has 21 heavy (non-hydrogen) atoms. The van der Waals surface area contributed by atoms with Crippen molar-refractivity contribution in [3.63, 3.8) is 0 Å². The minimum Gasteiger partial charge on any atom is -0.382 e. The molecular weight excluding hydrogens is 263 g/mol. The largest absolute Gasteiger partial charge is 0.382 e. The summed E-state index contributed by atoms with van der Waals surface area (Å²) in [5.41, 5.74) is 1.86. The van der Waals surface area contributed by atoms with E-state index in [1.54, 1.807) is 13.0 Å². The monoisotopic (exact) mass is 284 g/mol. The zero-order valence-electron chi connectivity index (χ0n) is 12.4. The maximum atomic E-state index is 13.9. The fraction of sp³-hybridized carbons (Fsp3) is 0.611. The van der Waals surface area contributed by atoms with Gasteiger partial charge in [0.25, 0.3) is 0 Å². The molecule has 3 aliphatic carbocycles. The van der Waals surface area contributed by atoms with Crippen LogP contribution in [0.4, 0.5) is 10.1 Å². The van der Waals surface area contributed by atoms with E-state index in [-0.39, 0.29) is 5.82 Å². The average Bonchev–Trinajstić information content (AvgIpc) is 3.15. The van der Waals surface area contributed by atoms with E-state index in [0.29, 0.717) is 17.2 Å². The van der Waals surface area contributed by atoms with E-state index in [4.69, 9.17) is 5.26 Å². The Hall–Kier alpha value is -1.56. The number of nitrogens with zero attached hydrogens (tertiary/aromatic N) is 1. The van der Waals surface area contributed by atoms with Gasteiger partial charge >= 0.3 is 0 Å². The molecule has 0 aromatic heterocycles. The van der Waals surface area contributed by atoms with Crippen molar-refractivity contribution in [2.45, 2.75) is 45.1 Å². The van der Waals surface area contributed by atoms with Crippen LogP contribution in [0.5, 0.6) is 0 Å². The Morgan fingerprint density at radius 2 is 2.00 bits per heavy atom. The van der Waals surface area contributed by atoms with Crippen molar-refractivity contribution in [1.82, 2.24) is 0 Å². The molecule has 0 heterocycles. The molecule has 3 fully saturated rings. The minimum absolute atomic E-state index is 0.279. The summed E-state index contributed by atoms with van der Waals surface area (Å²) >= 11 is 0. The number of hydrogen-bond acceptors (Lipinski definition) is 2. The molecule has 5 unspecified atom stereocenters. The van der Waals surface area contributed by atoms with Gasteiger partial charge in [-0.15, -0.1) is 0 Å². The summed E-state index contributed by atoms with van der Waals surface area (Å²) in [6.45, 7) is 1.80. The van der Waals surface area contributed by atoms with Crippen molar-refractivity contribution >= 4 is 5.69 Å². The molecule has 0 aliphatic heterocycles. The van der Waals surface area contributed by atoms with Gasteiger partial charge in [-0.25, -0.2) is 4.39 Å². The van der Waals surface area contributed by atoms with Crippen LogP contribution in [0.15, 0.2) is 12.1 Å². The maximum Gasteiger partial charge on any atom is 0.129 e. The lowest BCUT2D eigenvalue weighted by molar-refractivity contribution is 0.243. The number of benzene rings is 1. The second-order valence-corrected chi connectivity index (χ2v) is 7.15. The van der Waals surface area contributed by atoms with Crippen LogP contribution < -0.4 is 5.32 Å². The molecule has 2 bridgehead atoms. The number of hydrogen-bond donors (Lipinski definition) is 1. The highest BCUT2D eigenvalue weighted by Crippen LogP contribution is 2.59. The number of rotatable bonds is 2. The van der Waals surface area contributed by atoms with Crippen LogP contribution in [0.2, 0.25) is 0 Å². The van der Waals surface area contributed by atoms with Crippen molar-refractivity contribution < 1.29 is 4.39 Å². The summed E-state index contributed by atoms with van der Waals surface area (Å²) < 4.78 is 13.9. The van der Waals surface area contributed by atoms with Gasteiger partial charge in [0, 0.05) is 17.3 Å². The van der Waals surface area contributed by atoms with Gasteiger partial charge in [-0.2, -0.15) is 5.26 Å². The van der Waals surface area contributed by atoms with E-state index in [9.17, 15) is 4.39 Å². The Labute approximate surface area is 125 Å². The summed E-state index contributed by atoms with van der Waals surface area (Å²) in [4.78, 5) is 0. The highest BCUT2D eigenvalue weighted by molar-refractivity contribution is 5.56. The topological polar surface area (TPSA) is 35.8 Å². The molecule has 3 saturated carbocycles. The van der Waals surface area contributed by atoms with Crippen molar-refractivity contribution in [3.05, 3.63) is 29.1 Å².